The van der Waals surface area contributed by atoms with Crippen molar-refractivity contribution in [3.8, 4) is 5.75 Å². The highest BCUT2D eigenvalue weighted by Gasteiger charge is 2.37. The van der Waals surface area contributed by atoms with E-state index in [0.29, 0.717) is 41.0 Å². The quantitative estimate of drug-likeness (QED) is 0.0572. The highest BCUT2D eigenvalue weighted by atomic mass is 32.2. The van der Waals surface area contributed by atoms with Gasteiger partial charge in [-0.1, -0.05) is 85.4 Å². The van der Waals surface area contributed by atoms with Gasteiger partial charge in [-0.3, -0.25) is 14.0 Å². The minimum Gasteiger partial charge on any atom is -0.489 e. The van der Waals surface area contributed by atoms with Crippen molar-refractivity contribution >= 4 is 29.5 Å². The number of nitrogens with one attached hydrogen (secondary N) is 1. The number of fused-ring (bicyclic) bond motifs is 1. The Labute approximate surface area is 328 Å². The number of ether oxygens (including phenoxy) is 2. The van der Waals surface area contributed by atoms with Crippen LogP contribution in [0.1, 0.15) is 46.1 Å². The number of aryl methyl sites for hydroxylation is 3. The fourth-order valence-corrected chi connectivity index (χ4v) is 7.76. The second-order valence-corrected chi connectivity index (χ2v) is 14.8. The lowest BCUT2D eigenvalue weighted by Crippen LogP contribution is -2.47. The lowest BCUT2D eigenvalue weighted by molar-refractivity contribution is -0.159. The first kappa shape index (κ1) is 40.2. The summed E-state index contributed by atoms with van der Waals surface area (Å²) in [5.74, 6) is -2.83. The summed E-state index contributed by atoms with van der Waals surface area (Å²) >= 11 is 1.05. The number of halogens is 2. The van der Waals surface area contributed by atoms with Crippen LogP contribution in [0.4, 0.5) is 8.78 Å². The van der Waals surface area contributed by atoms with Gasteiger partial charge in [0.25, 0.3) is 5.78 Å². The van der Waals surface area contributed by atoms with Crippen molar-refractivity contribution in [1.29, 1.82) is 0 Å². The van der Waals surface area contributed by atoms with Crippen molar-refractivity contribution in [3.63, 3.8) is 0 Å². The molecule has 0 amide bonds. The van der Waals surface area contributed by atoms with Gasteiger partial charge in [0.2, 0.25) is 0 Å². The van der Waals surface area contributed by atoms with Gasteiger partial charge in [0.1, 0.15) is 29.2 Å². The van der Waals surface area contributed by atoms with E-state index in [-0.39, 0.29) is 19.4 Å². The van der Waals surface area contributed by atoms with Crippen LogP contribution in [0.3, 0.4) is 0 Å². The number of hydrogen-bond acceptors (Lipinski definition) is 10. The maximum absolute atomic E-state index is 14.3. The van der Waals surface area contributed by atoms with Crippen LogP contribution in [0.25, 0.3) is 5.78 Å². The maximum Gasteiger partial charge on any atom is 0.327 e. The van der Waals surface area contributed by atoms with Crippen molar-refractivity contribution in [2.24, 2.45) is 11.7 Å². The number of nitrogens with two attached hydrogens (primary N) is 1. The van der Waals surface area contributed by atoms with Crippen LogP contribution < -0.4 is 15.8 Å². The predicted molar refractivity (Wildman–Crippen MR) is 211 cm³/mol. The zero-order chi connectivity index (χ0) is 39.6. The highest BCUT2D eigenvalue weighted by molar-refractivity contribution is 8.00. The molecular weight excluding hydrogens is 735 g/mol. The molecule has 3 atom stereocenters. The Balaban J connectivity index is 1.25. The molecule has 6 aromatic rings. The molecule has 0 aliphatic heterocycles. The summed E-state index contributed by atoms with van der Waals surface area (Å²) in [6.45, 7) is 6.83. The number of nitrogens with zero attached hydrogens (tertiary/aromatic N) is 4. The molecule has 10 nitrogen and oxygen atoms in total. The van der Waals surface area contributed by atoms with E-state index in [2.05, 4.69) is 39.6 Å². The molecule has 0 bridgehead atoms. The Morgan fingerprint density at radius 2 is 1.55 bits per heavy atom. The zero-order valence-corrected chi connectivity index (χ0v) is 32.3. The number of esters is 2. The minimum atomic E-state index is -1.11. The minimum absolute atomic E-state index is 0.0314. The summed E-state index contributed by atoms with van der Waals surface area (Å²) in [4.78, 5) is 32.1. The number of carbonyl (C=O) groups is 2. The van der Waals surface area contributed by atoms with Gasteiger partial charge >= 0.3 is 11.9 Å². The second kappa shape index (κ2) is 18.9. The van der Waals surface area contributed by atoms with Gasteiger partial charge in [-0.05, 0) is 84.8 Å². The van der Waals surface area contributed by atoms with E-state index in [1.807, 2.05) is 62.4 Å². The number of aromatic nitrogens is 4. The molecule has 56 heavy (non-hydrogen) atoms. The van der Waals surface area contributed by atoms with E-state index >= 15 is 0 Å². The molecule has 0 radical (unpaired) electrons. The Morgan fingerprint density at radius 3 is 2.29 bits per heavy atom. The average Bonchev–Trinajstić information content (AvgIpc) is 3.58. The summed E-state index contributed by atoms with van der Waals surface area (Å²) in [6.07, 6.45) is 0.726. The Kier molecular flexibility index (Phi) is 13.6. The molecule has 0 saturated heterocycles. The van der Waals surface area contributed by atoms with Crippen LogP contribution in [0.5, 0.6) is 5.75 Å². The number of thioether (sulfide) groups is 1. The third-order valence-electron chi connectivity index (χ3n) is 9.30. The molecule has 1 unspecified atom stereocenters. The normalized spacial score (nSPS) is 13.0. The fourth-order valence-electron chi connectivity index (χ4n) is 6.50. The Morgan fingerprint density at radius 1 is 0.839 bits per heavy atom. The fraction of sp³-hybridized carbons (Fsp3) is 0.279. The maximum atomic E-state index is 14.3. The topological polar surface area (TPSA) is 134 Å². The van der Waals surface area contributed by atoms with Crippen molar-refractivity contribution in [1.82, 2.24) is 24.9 Å². The molecule has 4 aromatic carbocycles. The average molecular weight is 779 g/mol. The molecular formula is C43H44F2N6O4S. The molecule has 0 spiro atoms. The van der Waals surface area contributed by atoms with Gasteiger partial charge < -0.3 is 20.5 Å². The van der Waals surface area contributed by atoms with Gasteiger partial charge in [-0.25, -0.2) is 13.8 Å². The summed E-state index contributed by atoms with van der Waals surface area (Å²) < 4.78 is 41.8. The lowest BCUT2D eigenvalue weighted by Gasteiger charge is -2.30. The van der Waals surface area contributed by atoms with Gasteiger partial charge in [0.15, 0.2) is 5.16 Å². The van der Waals surface area contributed by atoms with E-state index in [0.717, 1.165) is 46.8 Å². The largest absolute Gasteiger partial charge is 0.489 e. The molecule has 2 aromatic heterocycles. The van der Waals surface area contributed by atoms with Crippen LogP contribution >= 0.6 is 11.8 Å². The van der Waals surface area contributed by atoms with Crippen LogP contribution in [0.2, 0.25) is 0 Å². The Hall–Kier alpha value is -5.50. The van der Waals surface area contributed by atoms with Gasteiger partial charge in [0, 0.05) is 42.5 Å². The first-order valence-electron chi connectivity index (χ1n) is 18.4. The summed E-state index contributed by atoms with van der Waals surface area (Å²) in [6, 6.07) is 29.2. The monoisotopic (exact) mass is 778 g/mol. The highest BCUT2D eigenvalue weighted by Crippen LogP contribution is 2.32. The predicted octanol–water partition coefficient (Wildman–Crippen LogP) is 6.91. The first-order chi connectivity index (χ1) is 27.0. The zero-order valence-electron chi connectivity index (χ0n) is 31.5. The van der Waals surface area contributed by atoms with E-state index in [1.165, 1.54) is 17.7 Å². The molecule has 0 saturated carbocycles. The van der Waals surface area contributed by atoms with Crippen LogP contribution in [0.15, 0.2) is 108 Å². The van der Waals surface area contributed by atoms with E-state index in [4.69, 9.17) is 15.2 Å². The van der Waals surface area contributed by atoms with Crippen LogP contribution in [-0.2, 0) is 46.7 Å². The Bertz CT molecular complexity index is 2250. The van der Waals surface area contributed by atoms with Crippen LogP contribution in [-0.4, -0.2) is 49.4 Å². The molecule has 290 valence electrons. The van der Waals surface area contributed by atoms with Crippen molar-refractivity contribution < 1.29 is 27.8 Å². The summed E-state index contributed by atoms with van der Waals surface area (Å²) in [5.41, 5.74) is 12.6. The molecule has 3 N–H and O–H groups in total. The van der Waals surface area contributed by atoms with E-state index in [9.17, 15) is 18.4 Å². The third kappa shape index (κ3) is 10.8. The molecule has 0 aliphatic carbocycles. The van der Waals surface area contributed by atoms with Crippen LogP contribution in [0, 0.1) is 31.4 Å². The van der Waals surface area contributed by atoms with Gasteiger partial charge in [-0.15, -0.1) is 10.2 Å². The molecule has 2 heterocycles. The summed E-state index contributed by atoms with van der Waals surface area (Å²) in [5, 5.41) is 11.3. The standard InChI is InChI=1S/C43H44F2N6O4S/c1-4-29-11-8-12-32(18-29)24-47-25-37(38(46)21-33-19-34(44)23-35(45)20-33)40(56-43-50-49-42-48-27(2)17-28(3)51(42)43)41(53)55-39(52)22-30-13-15-36(16-14-30)54-26-31-9-6-5-7-10-31/h5-20,23,37-38,40,47H,4,21-22,24-26,46H2,1-3H3/t37-,38+,40?/m1/s1. The van der Waals surface area contributed by atoms with Crippen molar-refractivity contribution in [2.45, 2.75) is 69.6 Å². The SMILES string of the molecule is CCc1cccc(CNC[C@@H](C(Sc2nnc3nc(C)cc(C)n23)C(=O)OC(=O)Cc2ccc(OCc3ccccc3)cc2)[C@@H](N)Cc2cc(F)cc(F)c2)c1. The number of hydrogen-bond donors (Lipinski definition) is 2. The molecule has 0 fully saturated rings. The van der Waals surface area contributed by atoms with Gasteiger partial charge in [-0.2, -0.15) is 0 Å². The van der Waals surface area contributed by atoms with Crippen molar-refractivity contribution in [2.75, 3.05) is 6.54 Å². The van der Waals surface area contributed by atoms with Crippen molar-refractivity contribution in [3.05, 3.63) is 154 Å². The smallest absolute Gasteiger partial charge is 0.327 e. The first-order valence-corrected chi connectivity index (χ1v) is 19.3. The van der Waals surface area contributed by atoms with E-state index in [1.54, 1.807) is 28.7 Å². The van der Waals surface area contributed by atoms with E-state index < -0.39 is 40.8 Å². The molecule has 0 aliphatic rings. The number of rotatable bonds is 17. The second-order valence-electron chi connectivity index (χ2n) is 13.7. The molecule has 6 rings (SSSR count). The third-order valence-corrected chi connectivity index (χ3v) is 10.6. The number of benzene rings is 4. The summed E-state index contributed by atoms with van der Waals surface area (Å²) in [7, 11) is 0. The lowest BCUT2D eigenvalue weighted by atomic mass is 9.90. The van der Waals surface area contributed by atoms with Gasteiger partial charge in [0.05, 0.1) is 6.42 Å². The molecule has 13 heteroatoms. The number of carbonyl (C=O) groups excluding carboxylic acids is 2.